The van der Waals surface area contributed by atoms with Gasteiger partial charge in [-0.2, -0.15) is 0 Å². The summed E-state index contributed by atoms with van der Waals surface area (Å²) in [6.07, 6.45) is 6.22. The Hall–Kier alpha value is -2.96. The maximum Gasteiger partial charge on any atom is 0.273 e. The normalized spacial score (nSPS) is 22.1. The second-order valence-corrected chi connectivity index (χ2v) is 8.67. The first-order valence-corrected chi connectivity index (χ1v) is 10.9. The molecule has 2 aliphatic heterocycles. The molecule has 0 unspecified atom stereocenters. The summed E-state index contributed by atoms with van der Waals surface area (Å²) in [4.78, 5) is 26.8. The van der Waals surface area contributed by atoms with Gasteiger partial charge in [-0.05, 0) is 62.8 Å². The fourth-order valence-electron chi connectivity index (χ4n) is 4.65. The van der Waals surface area contributed by atoms with E-state index in [9.17, 15) is 4.79 Å². The minimum atomic E-state index is -0.0366. The van der Waals surface area contributed by atoms with Gasteiger partial charge in [0.15, 0.2) is 5.65 Å². The predicted molar refractivity (Wildman–Crippen MR) is 116 cm³/mol. The Morgan fingerprint density at radius 2 is 1.97 bits per heavy atom. The van der Waals surface area contributed by atoms with E-state index in [2.05, 4.69) is 22.9 Å². The molecule has 0 aromatic carbocycles. The van der Waals surface area contributed by atoms with E-state index < -0.39 is 0 Å². The van der Waals surface area contributed by atoms with Gasteiger partial charge in [-0.15, -0.1) is 5.10 Å². The zero-order valence-electron chi connectivity index (χ0n) is 17.7. The molecular weight excluding hydrogens is 376 g/mol. The number of hydrogen-bond donors (Lipinski definition) is 0. The lowest BCUT2D eigenvalue weighted by Crippen LogP contribution is -2.39. The van der Waals surface area contributed by atoms with E-state index in [1.807, 2.05) is 40.7 Å². The van der Waals surface area contributed by atoms with Crippen molar-refractivity contribution in [1.29, 1.82) is 0 Å². The highest BCUT2D eigenvalue weighted by atomic mass is 16.2. The number of amides is 1. The number of imidazole rings is 1. The van der Waals surface area contributed by atoms with E-state index >= 15 is 0 Å². The number of pyridine rings is 1. The van der Waals surface area contributed by atoms with Crippen molar-refractivity contribution < 1.29 is 4.79 Å². The molecule has 5 rings (SSSR count). The third kappa shape index (κ3) is 3.53. The summed E-state index contributed by atoms with van der Waals surface area (Å²) in [6.45, 7) is 7.03. The van der Waals surface area contributed by atoms with Crippen LogP contribution in [0.15, 0.2) is 36.5 Å². The lowest BCUT2D eigenvalue weighted by Gasteiger charge is -2.34. The summed E-state index contributed by atoms with van der Waals surface area (Å²) >= 11 is 0. The first-order chi connectivity index (χ1) is 14.6. The molecule has 2 saturated heterocycles. The second kappa shape index (κ2) is 7.70. The van der Waals surface area contributed by atoms with Gasteiger partial charge in [-0.3, -0.25) is 4.79 Å². The van der Waals surface area contributed by atoms with Gasteiger partial charge in [-0.1, -0.05) is 13.0 Å². The van der Waals surface area contributed by atoms with Gasteiger partial charge in [0.25, 0.3) is 5.91 Å². The van der Waals surface area contributed by atoms with Crippen LogP contribution in [0.4, 0.5) is 5.82 Å². The summed E-state index contributed by atoms with van der Waals surface area (Å²) in [5.41, 5.74) is 3.10. The Labute approximate surface area is 176 Å². The van der Waals surface area contributed by atoms with E-state index in [1.54, 1.807) is 6.07 Å². The first kappa shape index (κ1) is 19.0. The standard InChI is InChI=1S/C23H28N6O/c1-16-11-13-27(14-16)22-10-9-21-25-19(15-29(21)26-22)20-8-3-4-12-28(20)23(30)18-7-5-6-17(2)24-18/h5-7,9-10,15-16,20H,3-4,8,11-14H2,1-2H3/t16-,20-/m0/s1. The van der Waals surface area contributed by atoms with Crippen molar-refractivity contribution in [1.82, 2.24) is 24.5 Å². The van der Waals surface area contributed by atoms with Crippen molar-refractivity contribution in [3.8, 4) is 0 Å². The van der Waals surface area contributed by atoms with E-state index in [4.69, 9.17) is 10.1 Å². The number of aryl methyl sites for hydroxylation is 1. The Morgan fingerprint density at radius 1 is 1.07 bits per heavy atom. The van der Waals surface area contributed by atoms with Gasteiger partial charge in [0.05, 0.1) is 17.9 Å². The van der Waals surface area contributed by atoms with Crippen LogP contribution in [0, 0.1) is 12.8 Å². The zero-order valence-corrected chi connectivity index (χ0v) is 17.7. The van der Waals surface area contributed by atoms with Crippen molar-refractivity contribution in [2.24, 2.45) is 5.92 Å². The molecule has 2 atom stereocenters. The Morgan fingerprint density at radius 3 is 2.77 bits per heavy atom. The maximum absolute atomic E-state index is 13.2. The average Bonchev–Trinajstić information content (AvgIpc) is 3.38. The van der Waals surface area contributed by atoms with Crippen molar-refractivity contribution in [2.45, 2.75) is 45.6 Å². The molecule has 1 amide bonds. The topological polar surface area (TPSA) is 66.6 Å². The molecule has 156 valence electrons. The largest absolute Gasteiger partial charge is 0.355 e. The SMILES string of the molecule is Cc1cccc(C(=O)N2CCCC[C@H]2c2cn3nc(N4CC[C@H](C)C4)ccc3n2)n1. The minimum absolute atomic E-state index is 0.0137. The molecule has 0 N–H and O–H groups in total. The summed E-state index contributed by atoms with van der Waals surface area (Å²) in [6, 6.07) is 9.66. The second-order valence-electron chi connectivity index (χ2n) is 8.67. The molecule has 7 heteroatoms. The van der Waals surface area contributed by atoms with Gasteiger partial charge >= 0.3 is 0 Å². The monoisotopic (exact) mass is 404 g/mol. The molecule has 30 heavy (non-hydrogen) atoms. The molecule has 5 heterocycles. The van der Waals surface area contributed by atoms with Crippen LogP contribution in [-0.4, -0.2) is 50.0 Å². The first-order valence-electron chi connectivity index (χ1n) is 10.9. The fourth-order valence-corrected chi connectivity index (χ4v) is 4.65. The quantitative estimate of drug-likeness (QED) is 0.667. The molecule has 2 aliphatic rings. The lowest BCUT2D eigenvalue weighted by atomic mass is 9.99. The fraction of sp³-hybridized carbons (Fsp3) is 0.478. The Kier molecular flexibility index (Phi) is 4.89. The van der Waals surface area contributed by atoms with Crippen molar-refractivity contribution in [3.63, 3.8) is 0 Å². The molecule has 3 aromatic heterocycles. The number of carbonyl (C=O) groups excluding carboxylic acids is 1. The molecule has 3 aromatic rings. The van der Waals surface area contributed by atoms with Gasteiger partial charge < -0.3 is 9.80 Å². The number of nitrogens with zero attached hydrogens (tertiary/aromatic N) is 6. The highest BCUT2D eigenvalue weighted by Crippen LogP contribution is 2.32. The van der Waals surface area contributed by atoms with Crippen LogP contribution in [0.25, 0.3) is 5.65 Å². The van der Waals surface area contributed by atoms with Crippen LogP contribution < -0.4 is 4.90 Å². The highest BCUT2D eigenvalue weighted by Gasteiger charge is 2.31. The van der Waals surface area contributed by atoms with E-state index in [0.29, 0.717) is 11.6 Å². The predicted octanol–water partition coefficient (Wildman–Crippen LogP) is 3.65. The number of fused-ring (bicyclic) bond motifs is 1. The Balaban J connectivity index is 1.44. The summed E-state index contributed by atoms with van der Waals surface area (Å²) in [5.74, 6) is 1.69. The third-order valence-corrected chi connectivity index (χ3v) is 6.28. The van der Waals surface area contributed by atoms with Crippen molar-refractivity contribution in [2.75, 3.05) is 24.5 Å². The molecule has 0 saturated carbocycles. The number of likely N-dealkylation sites (tertiary alicyclic amines) is 1. The average molecular weight is 405 g/mol. The molecule has 0 radical (unpaired) electrons. The molecule has 0 spiro atoms. The summed E-state index contributed by atoms with van der Waals surface area (Å²) in [7, 11) is 0. The molecule has 0 bridgehead atoms. The van der Waals surface area contributed by atoms with Crippen molar-refractivity contribution in [3.05, 3.63) is 53.6 Å². The van der Waals surface area contributed by atoms with E-state index in [0.717, 1.165) is 61.7 Å². The van der Waals surface area contributed by atoms with Crippen LogP contribution in [0.2, 0.25) is 0 Å². The molecular formula is C23H28N6O. The number of hydrogen-bond acceptors (Lipinski definition) is 5. The van der Waals surface area contributed by atoms with Crippen LogP contribution in [0.1, 0.15) is 60.5 Å². The zero-order chi connectivity index (χ0) is 20.7. The Bertz CT molecular complexity index is 1080. The lowest BCUT2D eigenvalue weighted by molar-refractivity contribution is 0.0600. The molecule has 7 nitrogen and oxygen atoms in total. The van der Waals surface area contributed by atoms with Crippen LogP contribution in [0.3, 0.4) is 0 Å². The summed E-state index contributed by atoms with van der Waals surface area (Å²) < 4.78 is 1.87. The number of aromatic nitrogens is 4. The van der Waals surface area contributed by atoms with Gasteiger partial charge in [0.2, 0.25) is 0 Å². The highest BCUT2D eigenvalue weighted by molar-refractivity contribution is 5.92. The third-order valence-electron chi connectivity index (χ3n) is 6.28. The van der Waals surface area contributed by atoms with Gasteiger partial charge in [-0.25, -0.2) is 14.5 Å². The van der Waals surface area contributed by atoms with Crippen LogP contribution >= 0.6 is 0 Å². The van der Waals surface area contributed by atoms with E-state index in [-0.39, 0.29) is 11.9 Å². The molecule has 2 fully saturated rings. The maximum atomic E-state index is 13.2. The van der Waals surface area contributed by atoms with Crippen LogP contribution in [-0.2, 0) is 0 Å². The molecule has 0 aliphatic carbocycles. The number of piperidine rings is 1. The van der Waals surface area contributed by atoms with Gasteiger partial charge in [0.1, 0.15) is 11.5 Å². The smallest absolute Gasteiger partial charge is 0.273 e. The number of anilines is 1. The number of rotatable bonds is 3. The number of carbonyl (C=O) groups is 1. The van der Waals surface area contributed by atoms with Gasteiger partial charge in [0, 0.05) is 25.3 Å². The minimum Gasteiger partial charge on any atom is -0.355 e. The van der Waals surface area contributed by atoms with Crippen molar-refractivity contribution >= 4 is 17.4 Å². The summed E-state index contributed by atoms with van der Waals surface area (Å²) in [5, 5.41) is 4.81. The van der Waals surface area contributed by atoms with Crippen LogP contribution in [0.5, 0.6) is 0 Å². The van der Waals surface area contributed by atoms with E-state index in [1.165, 1.54) is 6.42 Å².